The SMILES string of the molecule is CNCc1cc(F)ccc1SCCC(C)C. The summed E-state index contributed by atoms with van der Waals surface area (Å²) in [5.41, 5.74) is 1.05. The van der Waals surface area contributed by atoms with Gasteiger partial charge in [-0.05, 0) is 48.9 Å². The molecule has 0 amide bonds. The number of thioether (sulfide) groups is 1. The average molecular weight is 241 g/mol. The Bertz CT molecular complexity index is 326. The Balaban J connectivity index is 2.63. The van der Waals surface area contributed by atoms with Gasteiger partial charge in [0.25, 0.3) is 0 Å². The summed E-state index contributed by atoms with van der Waals surface area (Å²) in [4.78, 5) is 1.19. The Morgan fingerprint density at radius 3 is 2.75 bits per heavy atom. The van der Waals surface area contributed by atoms with Gasteiger partial charge < -0.3 is 5.32 Å². The van der Waals surface area contributed by atoms with Crippen LogP contribution in [0.5, 0.6) is 0 Å². The van der Waals surface area contributed by atoms with E-state index < -0.39 is 0 Å². The lowest BCUT2D eigenvalue weighted by Gasteiger charge is -2.10. The predicted molar refractivity (Wildman–Crippen MR) is 69.3 cm³/mol. The van der Waals surface area contributed by atoms with E-state index in [1.54, 1.807) is 6.07 Å². The molecule has 0 bridgehead atoms. The predicted octanol–water partition coefficient (Wildman–Crippen LogP) is 3.68. The maximum atomic E-state index is 13.1. The third-order valence-electron chi connectivity index (χ3n) is 2.34. The molecule has 3 heteroatoms. The number of hydrogen-bond donors (Lipinski definition) is 1. The van der Waals surface area contributed by atoms with Crippen molar-refractivity contribution in [3.63, 3.8) is 0 Å². The highest BCUT2D eigenvalue weighted by atomic mass is 32.2. The number of hydrogen-bond acceptors (Lipinski definition) is 2. The molecule has 0 radical (unpaired) electrons. The van der Waals surface area contributed by atoms with Crippen molar-refractivity contribution >= 4 is 11.8 Å². The van der Waals surface area contributed by atoms with Crippen molar-refractivity contribution in [1.82, 2.24) is 5.32 Å². The molecule has 0 fully saturated rings. The second kappa shape index (κ2) is 6.92. The zero-order chi connectivity index (χ0) is 12.0. The van der Waals surface area contributed by atoms with E-state index in [2.05, 4.69) is 19.2 Å². The molecule has 90 valence electrons. The van der Waals surface area contributed by atoms with E-state index in [9.17, 15) is 4.39 Å². The first-order chi connectivity index (χ1) is 7.63. The molecule has 0 aromatic heterocycles. The van der Waals surface area contributed by atoms with Crippen LogP contribution in [0.4, 0.5) is 4.39 Å². The molecule has 16 heavy (non-hydrogen) atoms. The van der Waals surface area contributed by atoms with Gasteiger partial charge in [-0.25, -0.2) is 4.39 Å². The highest BCUT2D eigenvalue weighted by molar-refractivity contribution is 7.99. The zero-order valence-electron chi connectivity index (χ0n) is 10.2. The van der Waals surface area contributed by atoms with E-state index in [-0.39, 0.29) is 5.82 Å². The summed E-state index contributed by atoms with van der Waals surface area (Å²) < 4.78 is 13.1. The lowest BCUT2D eigenvalue weighted by Crippen LogP contribution is -2.06. The molecule has 1 N–H and O–H groups in total. The monoisotopic (exact) mass is 241 g/mol. The van der Waals surface area contributed by atoms with Gasteiger partial charge in [-0.3, -0.25) is 0 Å². The quantitative estimate of drug-likeness (QED) is 0.762. The van der Waals surface area contributed by atoms with Crippen molar-refractivity contribution in [1.29, 1.82) is 0 Å². The van der Waals surface area contributed by atoms with Crippen LogP contribution in [0.3, 0.4) is 0 Å². The van der Waals surface area contributed by atoms with E-state index in [0.29, 0.717) is 0 Å². The highest BCUT2D eigenvalue weighted by Crippen LogP contribution is 2.25. The Morgan fingerprint density at radius 2 is 2.12 bits per heavy atom. The standard InChI is InChI=1S/C13H20FNS/c1-10(2)6-7-16-13-5-4-12(14)8-11(13)9-15-3/h4-5,8,10,15H,6-7,9H2,1-3H3. The van der Waals surface area contributed by atoms with Crippen LogP contribution in [0.25, 0.3) is 0 Å². The Hall–Kier alpha value is -0.540. The minimum atomic E-state index is -0.154. The molecule has 0 saturated carbocycles. The maximum absolute atomic E-state index is 13.1. The first-order valence-electron chi connectivity index (χ1n) is 5.69. The van der Waals surface area contributed by atoms with Crippen LogP contribution in [0, 0.1) is 11.7 Å². The van der Waals surface area contributed by atoms with Crippen LogP contribution in [0.2, 0.25) is 0 Å². The van der Waals surface area contributed by atoms with Gasteiger partial charge in [0, 0.05) is 11.4 Å². The Morgan fingerprint density at radius 1 is 1.38 bits per heavy atom. The average Bonchev–Trinajstić information content (AvgIpc) is 2.21. The first-order valence-corrected chi connectivity index (χ1v) is 6.68. The Kier molecular flexibility index (Phi) is 5.85. The summed E-state index contributed by atoms with van der Waals surface area (Å²) in [6.45, 7) is 5.17. The van der Waals surface area contributed by atoms with Crippen molar-refractivity contribution in [3.8, 4) is 0 Å². The molecule has 1 rings (SSSR count). The van der Waals surface area contributed by atoms with Crippen LogP contribution in [-0.4, -0.2) is 12.8 Å². The number of rotatable bonds is 6. The molecule has 0 spiro atoms. The highest BCUT2D eigenvalue weighted by Gasteiger charge is 2.04. The van der Waals surface area contributed by atoms with Gasteiger partial charge in [0.05, 0.1) is 0 Å². The smallest absolute Gasteiger partial charge is 0.123 e. The summed E-state index contributed by atoms with van der Waals surface area (Å²) in [5.74, 6) is 1.67. The third kappa shape index (κ3) is 4.54. The number of halogens is 1. The van der Waals surface area contributed by atoms with Crippen LogP contribution in [0.15, 0.2) is 23.1 Å². The van der Waals surface area contributed by atoms with Gasteiger partial charge in [0.15, 0.2) is 0 Å². The summed E-state index contributed by atoms with van der Waals surface area (Å²) in [6.07, 6.45) is 1.20. The molecule has 0 heterocycles. The van der Waals surface area contributed by atoms with Crippen LogP contribution >= 0.6 is 11.8 Å². The van der Waals surface area contributed by atoms with Gasteiger partial charge in [-0.15, -0.1) is 11.8 Å². The molecule has 0 aliphatic heterocycles. The van der Waals surface area contributed by atoms with E-state index in [4.69, 9.17) is 0 Å². The molecular weight excluding hydrogens is 221 g/mol. The molecule has 0 atom stereocenters. The molecular formula is C13H20FNS. The maximum Gasteiger partial charge on any atom is 0.123 e. The fourth-order valence-electron chi connectivity index (χ4n) is 1.42. The second-order valence-corrected chi connectivity index (χ2v) is 5.45. The molecule has 1 aromatic rings. The fourth-order valence-corrected chi connectivity index (χ4v) is 2.71. The molecule has 0 saturated heterocycles. The topological polar surface area (TPSA) is 12.0 Å². The number of benzene rings is 1. The van der Waals surface area contributed by atoms with Crippen molar-refractivity contribution in [3.05, 3.63) is 29.6 Å². The minimum Gasteiger partial charge on any atom is -0.316 e. The largest absolute Gasteiger partial charge is 0.316 e. The van der Waals surface area contributed by atoms with Crippen molar-refractivity contribution in [2.45, 2.75) is 31.7 Å². The van der Waals surface area contributed by atoms with Crippen molar-refractivity contribution in [2.75, 3.05) is 12.8 Å². The van der Waals surface area contributed by atoms with E-state index in [0.717, 1.165) is 23.8 Å². The molecule has 0 aliphatic rings. The summed E-state index contributed by atoms with van der Waals surface area (Å²) in [5, 5.41) is 3.07. The summed E-state index contributed by atoms with van der Waals surface area (Å²) in [6, 6.07) is 5.04. The second-order valence-electron chi connectivity index (χ2n) is 4.31. The lowest BCUT2D eigenvalue weighted by molar-refractivity contribution is 0.620. The molecule has 1 aromatic carbocycles. The minimum absolute atomic E-state index is 0.154. The van der Waals surface area contributed by atoms with Gasteiger partial charge >= 0.3 is 0 Å². The third-order valence-corrected chi connectivity index (χ3v) is 3.49. The fraction of sp³-hybridized carbons (Fsp3) is 0.538. The van der Waals surface area contributed by atoms with Crippen molar-refractivity contribution < 1.29 is 4.39 Å². The van der Waals surface area contributed by atoms with E-state index >= 15 is 0 Å². The molecule has 0 unspecified atom stereocenters. The van der Waals surface area contributed by atoms with E-state index in [1.807, 2.05) is 24.9 Å². The van der Waals surface area contributed by atoms with Gasteiger partial charge in [-0.1, -0.05) is 13.8 Å². The Labute approximate surface area is 102 Å². The summed E-state index contributed by atoms with van der Waals surface area (Å²) in [7, 11) is 1.88. The lowest BCUT2D eigenvalue weighted by atomic mass is 10.2. The van der Waals surface area contributed by atoms with Gasteiger partial charge in [-0.2, -0.15) is 0 Å². The molecule has 1 nitrogen and oxygen atoms in total. The zero-order valence-corrected chi connectivity index (χ0v) is 11.0. The summed E-state index contributed by atoms with van der Waals surface area (Å²) >= 11 is 1.82. The normalized spacial score (nSPS) is 11.1. The van der Waals surface area contributed by atoms with Crippen molar-refractivity contribution in [2.24, 2.45) is 5.92 Å². The van der Waals surface area contributed by atoms with E-state index in [1.165, 1.54) is 17.4 Å². The van der Waals surface area contributed by atoms with Crippen LogP contribution < -0.4 is 5.32 Å². The number of nitrogens with one attached hydrogen (secondary N) is 1. The van der Waals surface area contributed by atoms with Crippen LogP contribution in [-0.2, 0) is 6.54 Å². The molecule has 0 aliphatic carbocycles. The first kappa shape index (κ1) is 13.5. The van der Waals surface area contributed by atoms with Crippen LogP contribution in [0.1, 0.15) is 25.8 Å². The van der Waals surface area contributed by atoms with Gasteiger partial charge in [0.1, 0.15) is 5.82 Å². The van der Waals surface area contributed by atoms with Gasteiger partial charge in [0.2, 0.25) is 0 Å².